The number of halogens is 2. The lowest BCUT2D eigenvalue weighted by atomic mass is 10.2. The third-order valence-corrected chi connectivity index (χ3v) is 2.66. The molecule has 5 heteroatoms. The number of rotatable bonds is 2. The first-order chi connectivity index (χ1) is 5.66. The fourth-order valence-electron chi connectivity index (χ4n) is 0.831. The topological polar surface area (TPSA) is 53.4 Å². The van der Waals surface area contributed by atoms with E-state index in [-0.39, 0.29) is 6.61 Å². The second-order valence-electron chi connectivity index (χ2n) is 2.22. The summed E-state index contributed by atoms with van der Waals surface area (Å²) in [6.07, 6.45) is 2.26. The SMILES string of the molecule is OCC(O)c1c(Br)cncc1Br. The van der Waals surface area contributed by atoms with Crippen LogP contribution < -0.4 is 0 Å². The second-order valence-corrected chi connectivity index (χ2v) is 3.92. The smallest absolute Gasteiger partial charge is 0.104 e. The predicted molar refractivity (Wildman–Crippen MR) is 51.7 cm³/mol. The van der Waals surface area contributed by atoms with Gasteiger partial charge in [0, 0.05) is 26.9 Å². The summed E-state index contributed by atoms with van der Waals surface area (Å²) in [5, 5.41) is 18.1. The fraction of sp³-hybridized carbons (Fsp3) is 0.286. The maximum absolute atomic E-state index is 9.35. The first-order valence-electron chi connectivity index (χ1n) is 3.24. The molecule has 0 amide bonds. The third kappa shape index (κ3) is 2.04. The maximum Gasteiger partial charge on any atom is 0.104 e. The van der Waals surface area contributed by atoms with Gasteiger partial charge in [-0.3, -0.25) is 4.98 Å². The van der Waals surface area contributed by atoms with E-state index in [1.807, 2.05) is 0 Å². The number of aliphatic hydroxyl groups excluding tert-OH is 2. The highest BCUT2D eigenvalue weighted by atomic mass is 79.9. The van der Waals surface area contributed by atoms with Crippen molar-refractivity contribution in [3.8, 4) is 0 Å². The zero-order valence-electron chi connectivity index (χ0n) is 6.04. The van der Waals surface area contributed by atoms with E-state index in [9.17, 15) is 5.11 Å². The Bertz CT molecular complexity index is 260. The molecule has 0 aliphatic heterocycles. The highest BCUT2D eigenvalue weighted by molar-refractivity contribution is 9.11. The number of hydrogen-bond acceptors (Lipinski definition) is 3. The van der Waals surface area contributed by atoms with Gasteiger partial charge >= 0.3 is 0 Å². The van der Waals surface area contributed by atoms with Gasteiger partial charge < -0.3 is 10.2 Å². The highest BCUT2D eigenvalue weighted by Crippen LogP contribution is 2.29. The molecule has 0 aliphatic rings. The van der Waals surface area contributed by atoms with Crippen molar-refractivity contribution < 1.29 is 10.2 Å². The molecule has 2 N–H and O–H groups in total. The van der Waals surface area contributed by atoms with Crippen molar-refractivity contribution in [3.05, 3.63) is 26.9 Å². The molecule has 0 radical (unpaired) electrons. The van der Waals surface area contributed by atoms with E-state index in [1.165, 1.54) is 0 Å². The Balaban J connectivity index is 3.12. The average Bonchev–Trinajstić information content (AvgIpc) is 2.03. The Kier molecular flexibility index (Phi) is 3.64. The van der Waals surface area contributed by atoms with Crippen molar-refractivity contribution in [1.29, 1.82) is 0 Å². The Morgan fingerprint density at radius 1 is 1.33 bits per heavy atom. The van der Waals surface area contributed by atoms with Crippen LogP contribution in [0, 0.1) is 0 Å². The van der Waals surface area contributed by atoms with E-state index < -0.39 is 6.10 Å². The average molecular weight is 297 g/mol. The Labute approximate surface area is 86.7 Å². The highest BCUT2D eigenvalue weighted by Gasteiger charge is 2.13. The quantitative estimate of drug-likeness (QED) is 0.872. The minimum absolute atomic E-state index is 0.304. The summed E-state index contributed by atoms with van der Waals surface area (Å²) < 4.78 is 1.36. The van der Waals surface area contributed by atoms with Crippen molar-refractivity contribution in [2.75, 3.05) is 6.61 Å². The zero-order chi connectivity index (χ0) is 9.14. The van der Waals surface area contributed by atoms with Gasteiger partial charge in [-0.25, -0.2) is 0 Å². The molecule has 0 aliphatic carbocycles. The van der Waals surface area contributed by atoms with Crippen LogP contribution in [-0.2, 0) is 0 Å². The number of hydrogen-bond donors (Lipinski definition) is 2. The maximum atomic E-state index is 9.35. The van der Waals surface area contributed by atoms with Gasteiger partial charge in [-0.05, 0) is 31.9 Å². The summed E-state index contributed by atoms with van der Waals surface area (Å²) in [5.41, 5.74) is 0.618. The second kappa shape index (κ2) is 4.32. The van der Waals surface area contributed by atoms with Crippen LogP contribution in [0.2, 0.25) is 0 Å². The zero-order valence-corrected chi connectivity index (χ0v) is 9.21. The Morgan fingerprint density at radius 3 is 2.25 bits per heavy atom. The van der Waals surface area contributed by atoms with Crippen LogP contribution >= 0.6 is 31.9 Å². The molecule has 1 atom stereocenters. The molecule has 0 bridgehead atoms. The summed E-state index contributed by atoms with van der Waals surface area (Å²) >= 11 is 6.45. The standard InChI is InChI=1S/C7H7Br2NO2/c8-4-1-10-2-5(9)7(4)6(12)3-11/h1-2,6,11-12H,3H2. The van der Waals surface area contributed by atoms with Crippen LogP contribution in [0.15, 0.2) is 21.3 Å². The van der Waals surface area contributed by atoms with Crippen LogP contribution in [0.1, 0.15) is 11.7 Å². The number of nitrogens with zero attached hydrogens (tertiary/aromatic N) is 1. The van der Waals surface area contributed by atoms with Gasteiger partial charge in [-0.1, -0.05) is 0 Å². The van der Waals surface area contributed by atoms with Crippen LogP contribution in [0.25, 0.3) is 0 Å². The number of aliphatic hydroxyl groups is 2. The van der Waals surface area contributed by atoms with Gasteiger partial charge in [0.25, 0.3) is 0 Å². The molecule has 0 saturated carbocycles. The van der Waals surface area contributed by atoms with Gasteiger partial charge in [0.2, 0.25) is 0 Å². The lowest BCUT2D eigenvalue weighted by Gasteiger charge is -2.10. The number of pyridine rings is 1. The first kappa shape index (κ1) is 10.1. The van der Waals surface area contributed by atoms with Crippen molar-refractivity contribution in [3.63, 3.8) is 0 Å². The normalized spacial score (nSPS) is 13.0. The lowest BCUT2D eigenvalue weighted by molar-refractivity contribution is 0.0944. The van der Waals surface area contributed by atoms with Crippen molar-refractivity contribution >= 4 is 31.9 Å². The molecule has 0 fully saturated rings. The molecule has 1 aromatic heterocycles. The summed E-state index contributed by atoms with van der Waals surface area (Å²) in [7, 11) is 0. The molecule has 0 aromatic carbocycles. The molecule has 12 heavy (non-hydrogen) atoms. The molecular weight excluding hydrogens is 290 g/mol. The molecular formula is C7H7Br2NO2. The molecule has 0 saturated heterocycles. The summed E-state index contributed by atoms with van der Waals surface area (Å²) in [6, 6.07) is 0. The number of aromatic nitrogens is 1. The van der Waals surface area contributed by atoms with Crippen molar-refractivity contribution in [2.24, 2.45) is 0 Å². The summed E-state index contributed by atoms with van der Waals surface area (Å²) in [5.74, 6) is 0. The van der Waals surface area contributed by atoms with Crippen LogP contribution in [0.5, 0.6) is 0 Å². The summed E-state index contributed by atoms with van der Waals surface area (Å²) in [6.45, 7) is -0.304. The van der Waals surface area contributed by atoms with E-state index in [1.54, 1.807) is 12.4 Å². The Hall–Kier alpha value is 0.0300. The van der Waals surface area contributed by atoms with E-state index in [0.717, 1.165) is 0 Å². The van der Waals surface area contributed by atoms with Crippen LogP contribution in [0.4, 0.5) is 0 Å². The minimum Gasteiger partial charge on any atom is -0.393 e. The fourth-order valence-corrected chi connectivity index (χ4v) is 2.29. The molecule has 1 heterocycles. The minimum atomic E-state index is -0.878. The van der Waals surface area contributed by atoms with Crippen LogP contribution in [0.3, 0.4) is 0 Å². The first-order valence-corrected chi connectivity index (χ1v) is 4.83. The lowest BCUT2D eigenvalue weighted by Crippen LogP contribution is -2.04. The van der Waals surface area contributed by atoms with Gasteiger partial charge in [-0.15, -0.1) is 0 Å². The van der Waals surface area contributed by atoms with Crippen molar-refractivity contribution in [1.82, 2.24) is 4.98 Å². The van der Waals surface area contributed by atoms with Gasteiger partial charge in [-0.2, -0.15) is 0 Å². The molecule has 66 valence electrons. The Morgan fingerprint density at radius 2 is 1.83 bits per heavy atom. The van der Waals surface area contributed by atoms with Gasteiger partial charge in [0.15, 0.2) is 0 Å². The van der Waals surface area contributed by atoms with Crippen LogP contribution in [-0.4, -0.2) is 21.8 Å². The summed E-state index contributed by atoms with van der Waals surface area (Å²) in [4.78, 5) is 3.87. The largest absolute Gasteiger partial charge is 0.393 e. The van der Waals surface area contributed by atoms with E-state index in [2.05, 4.69) is 36.8 Å². The third-order valence-electron chi connectivity index (χ3n) is 1.40. The molecule has 1 rings (SSSR count). The van der Waals surface area contributed by atoms with E-state index in [0.29, 0.717) is 14.5 Å². The van der Waals surface area contributed by atoms with Crippen molar-refractivity contribution in [2.45, 2.75) is 6.10 Å². The molecule has 0 spiro atoms. The van der Waals surface area contributed by atoms with Gasteiger partial charge in [0.1, 0.15) is 6.10 Å². The molecule has 1 aromatic rings. The monoisotopic (exact) mass is 295 g/mol. The molecule has 1 unspecified atom stereocenters. The predicted octanol–water partition coefficient (Wildman–Crippen LogP) is 1.63. The van der Waals surface area contributed by atoms with E-state index >= 15 is 0 Å². The molecule has 3 nitrogen and oxygen atoms in total. The van der Waals surface area contributed by atoms with Gasteiger partial charge in [0.05, 0.1) is 6.61 Å². The van der Waals surface area contributed by atoms with E-state index in [4.69, 9.17) is 5.11 Å².